The summed E-state index contributed by atoms with van der Waals surface area (Å²) in [6, 6.07) is 15.7. The summed E-state index contributed by atoms with van der Waals surface area (Å²) in [4.78, 5) is 27.2. The third-order valence-electron chi connectivity index (χ3n) is 6.82. The molecule has 2 aromatic rings. The second kappa shape index (κ2) is 16.3. The molecule has 0 spiro atoms. The molecule has 0 unspecified atom stereocenters. The van der Waals surface area contributed by atoms with Gasteiger partial charge in [-0.15, -0.1) is 0 Å². The maximum atomic E-state index is 12.3. The van der Waals surface area contributed by atoms with Gasteiger partial charge in [0, 0.05) is 43.6 Å². The van der Waals surface area contributed by atoms with E-state index in [0.29, 0.717) is 12.1 Å². The van der Waals surface area contributed by atoms with Gasteiger partial charge in [-0.3, -0.25) is 9.59 Å². The number of allylic oxidation sites excluding steroid dienone is 5. The van der Waals surface area contributed by atoms with Gasteiger partial charge in [0.05, 0.1) is 24.8 Å². The number of carbonyl (C=O) groups is 2. The minimum Gasteiger partial charge on any atom is -0.378 e. The van der Waals surface area contributed by atoms with E-state index in [4.69, 9.17) is 10.00 Å². The fourth-order valence-electron chi connectivity index (χ4n) is 4.26. The molecule has 1 heterocycles. The van der Waals surface area contributed by atoms with Crippen molar-refractivity contribution in [1.29, 1.82) is 5.26 Å². The van der Waals surface area contributed by atoms with Gasteiger partial charge >= 0.3 is 0 Å². The van der Waals surface area contributed by atoms with Crippen molar-refractivity contribution in [2.24, 2.45) is 5.41 Å². The van der Waals surface area contributed by atoms with Gasteiger partial charge in [-0.2, -0.15) is 5.26 Å². The van der Waals surface area contributed by atoms with Gasteiger partial charge in [-0.25, -0.2) is 0 Å². The zero-order chi connectivity index (χ0) is 31.3. The highest BCUT2D eigenvalue weighted by atomic mass is 16.5. The van der Waals surface area contributed by atoms with Crippen molar-refractivity contribution in [2.75, 3.05) is 44.8 Å². The Hall–Kier alpha value is -4.15. The van der Waals surface area contributed by atoms with Crippen LogP contribution in [-0.2, 0) is 9.53 Å². The number of nitrogens with zero attached hydrogens (tertiary/aromatic N) is 3. The number of anilines is 1. The van der Waals surface area contributed by atoms with Gasteiger partial charge in [-0.1, -0.05) is 45.1 Å². The number of hydrogen-bond donors (Lipinski definition) is 1. The first-order valence-electron chi connectivity index (χ1n) is 14.3. The third kappa shape index (κ3) is 10.7. The molecule has 1 saturated heterocycles. The predicted octanol–water partition coefficient (Wildman–Crippen LogP) is 6.51. The fraction of sp³-hybridized carbons (Fsp3) is 0.400. The highest BCUT2D eigenvalue weighted by Gasteiger charge is 2.14. The number of rotatable bonds is 8. The van der Waals surface area contributed by atoms with Crippen molar-refractivity contribution in [2.45, 2.75) is 48.5 Å². The van der Waals surface area contributed by atoms with Crippen molar-refractivity contribution >= 4 is 23.6 Å². The first kappa shape index (κ1) is 34.1. The van der Waals surface area contributed by atoms with Crippen LogP contribution in [0.3, 0.4) is 0 Å². The summed E-state index contributed by atoms with van der Waals surface area (Å²) in [5, 5.41) is 11.9. The maximum absolute atomic E-state index is 12.3. The molecule has 0 aromatic heterocycles. The Morgan fingerprint density at radius 2 is 1.69 bits per heavy atom. The zero-order valence-corrected chi connectivity index (χ0v) is 26.5. The average molecular weight is 571 g/mol. The number of nitriles is 1. The van der Waals surface area contributed by atoms with Crippen molar-refractivity contribution in [1.82, 2.24) is 10.2 Å². The fourth-order valence-corrected chi connectivity index (χ4v) is 4.26. The number of amides is 2. The summed E-state index contributed by atoms with van der Waals surface area (Å²) in [5.74, 6) is -0.0698. The normalized spacial score (nSPS) is 14.4. The Kier molecular flexibility index (Phi) is 13.2. The molecule has 2 amide bonds. The molecule has 7 heteroatoms. The number of morpholine rings is 1. The number of benzene rings is 2. The monoisotopic (exact) mass is 570 g/mol. The van der Waals surface area contributed by atoms with Crippen LogP contribution >= 0.6 is 0 Å². The summed E-state index contributed by atoms with van der Waals surface area (Å²) in [6.07, 6.45) is 6.70. The van der Waals surface area contributed by atoms with Crippen LogP contribution in [0.5, 0.6) is 0 Å². The number of carbonyl (C=O) groups excluding carboxylic acids is 2. The highest BCUT2D eigenvalue weighted by molar-refractivity contribution is 5.95. The van der Waals surface area contributed by atoms with E-state index in [2.05, 4.69) is 43.1 Å². The largest absolute Gasteiger partial charge is 0.378 e. The number of likely N-dealkylation sites (N-methyl/N-ethyl adjacent to an activating group) is 1. The molecule has 1 aliphatic rings. The van der Waals surface area contributed by atoms with Gasteiger partial charge in [0.15, 0.2) is 0 Å². The highest BCUT2D eigenvalue weighted by Crippen LogP contribution is 2.26. The van der Waals surface area contributed by atoms with E-state index < -0.39 is 0 Å². The second-order valence-corrected chi connectivity index (χ2v) is 11.5. The lowest BCUT2D eigenvalue weighted by molar-refractivity contribution is -0.115. The first-order valence-corrected chi connectivity index (χ1v) is 14.3. The quantitative estimate of drug-likeness (QED) is 0.289. The molecule has 0 radical (unpaired) electrons. The number of ether oxygens (including phenoxy) is 1. The Morgan fingerprint density at radius 1 is 1.07 bits per heavy atom. The van der Waals surface area contributed by atoms with Crippen LogP contribution in [-0.4, -0.2) is 57.1 Å². The summed E-state index contributed by atoms with van der Waals surface area (Å²) < 4.78 is 5.30. The molecule has 1 fully saturated rings. The van der Waals surface area contributed by atoms with Crippen LogP contribution in [0.15, 0.2) is 72.0 Å². The minimum absolute atomic E-state index is 0.0437. The van der Waals surface area contributed by atoms with Gasteiger partial charge in [-0.05, 0) is 91.8 Å². The van der Waals surface area contributed by atoms with Gasteiger partial charge in [0.25, 0.3) is 5.91 Å². The van der Waals surface area contributed by atoms with Crippen LogP contribution in [0.4, 0.5) is 5.69 Å². The molecule has 1 N–H and O–H groups in total. The molecule has 3 rings (SSSR count). The summed E-state index contributed by atoms with van der Waals surface area (Å²) >= 11 is 0. The molecule has 0 aliphatic carbocycles. The van der Waals surface area contributed by atoms with E-state index in [1.807, 2.05) is 82.3 Å². The molecular weight excluding hydrogens is 524 g/mol. The molecule has 0 atom stereocenters. The van der Waals surface area contributed by atoms with Crippen molar-refractivity contribution < 1.29 is 14.3 Å². The molecule has 224 valence electrons. The SMILES string of the molecule is C/C=C(C)/C(=C\C(=C/C)N(C)C=O)c1ccc(C(=O)NCC(C)(C)C)cc1.Cc1cc(C#N)cc(N2CCOCC2)c1. The Morgan fingerprint density at radius 3 is 2.21 bits per heavy atom. The number of nitrogens with one attached hydrogen (secondary N) is 1. The lowest BCUT2D eigenvalue weighted by Crippen LogP contribution is -2.36. The standard InChI is InChI=1S/C23H32N2O2.C12H14N2O/c1-8-17(3)21(14-20(9-2)25(7)16-26)18-10-12-19(13-11-18)22(27)24-15-23(4,5)6;1-10-6-11(9-13)8-12(7-10)14-2-4-15-5-3-14/h8-14,16H,15H2,1-7H3,(H,24,27);6-8H,2-5H2,1H3/b17-8+,20-9+,21-14+;. The predicted molar refractivity (Wildman–Crippen MR) is 172 cm³/mol. The van der Waals surface area contributed by atoms with E-state index in [-0.39, 0.29) is 11.3 Å². The summed E-state index contributed by atoms with van der Waals surface area (Å²) in [5.41, 5.74) is 7.60. The van der Waals surface area contributed by atoms with E-state index in [9.17, 15) is 9.59 Å². The maximum Gasteiger partial charge on any atom is 0.251 e. The Balaban J connectivity index is 0.000000343. The van der Waals surface area contributed by atoms with Crippen LogP contribution in [0.25, 0.3) is 5.57 Å². The molecular formula is C35H46N4O3. The van der Waals surface area contributed by atoms with Gasteiger partial charge in [0.2, 0.25) is 6.41 Å². The number of aryl methyl sites for hydroxylation is 1. The summed E-state index contributed by atoms with van der Waals surface area (Å²) in [6.45, 7) is 18.2. The van der Waals surface area contributed by atoms with Crippen molar-refractivity contribution in [3.05, 3.63) is 94.2 Å². The third-order valence-corrected chi connectivity index (χ3v) is 6.82. The second-order valence-electron chi connectivity index (χ2n) is 11.5. The van der Waals surface area contributed by atoms with Gasteiger partial charge < -0.3 is 19.9 Å². The lowest BCUT2D eigenvalue weighted by atomic mass is 9.95. The molecule has 42 heavy (non-hydrogen) atoms. The van der Waals surface area contributed by atoms with E-state index in [0.717, 1.165) is 71.9 Å². The Labute approximate surface area is 252 Å². The average Bonchev–Trinajstić information content (AvgIpc) is 3.00. The van der Waals surface area contributed by atoms with Crippen LogP contribution in [0.2, 0.25) is 0 Å². The lowest BCUT2D eigenvalue weighted by Gasteiger charge is -2.29. The summed E-state index contributed by atoms with van der Waals surface area (Å²) in [7, 11) is 1.73. The molecule has 1 aliphatic heterocycles. The van der Waals surface area contributed by atoms with Crippen LogP contribution < -0.4 is 10.2 Å². The minimum atomic E-state index is -0.0698. The topological polar surface area (TPSA) is 85.7 Å². The zero-order valence-electron chi connectivity index (χ0n) is 26.5. The molecule has 0 saturated carbocycles. The van der Waals surface area contributed by atoms with Crippen molar-refractivity contribution in [3.63, 3.8) is 0 Å². The van der Waals surface area contributed by atoms with Crippen LogP contribution in [0, 0.1) is 23.7 Å². The Bertz CT molecular complexity index is 1340. The van der Waals surface area contributed by atoms with E-state index in [1.54, 1.807) is 7.05 Å². The van der Waals surface area contributed by atoms with Crippen LogP contribution in [0.1, 0.15) is 68.6 Å². The van der Waals surface area contributed by atoms with E-state index >= 15 is 0 Å². The molecule has 0 bridgehead atoms. The smallest absolute Gasteiger partial charge is 0.251 e. The van der Waals surface area contributed by atoms with Gasteiger partial charge in [0.1, 0.15) is 0 Å². The van der Waals surface area contributed by atoms with E-state index in [1.165, 1.54) is 4.90 Å². The number of hydrogen-bond acceptors (Lipinski definition) is 5. The first-order chi connectivity index (χ1) is 19.9. The van der Waals surface area contributed by atoms with Crippen molar-refractivity contribution in [3.8, 4) is 6.07 Å². The molecule has 7 nitrogen and oxygen atoms in total. The molecule has 2 aromatic carbocycles.